The molecule has 0 atom stereocenters. The predicted octanol–water partition coefficient (Wildman–Crippen LogP) is 1.10. The molecule has 0 saturated carbocycles. The highest BCUT2D eigenvalue weighted by Crippen LogP contribution is 2.05. The summed E-state index contributed by atoms with van der Waals surface area (Å²) >= 11 is 5.40. The average Bonchev–Trinajstić information content (AvgIpc) is 2.60. The number of ether oxygens (including phenoxy) is 1. The van der Waals surface area contributed by atoms with E-state index in [0.29, 0.717) is 31.7 Å². The number of carbonyl (C=O) groups excluding carboxylic acids is 1. The Bertz CT molecular complexity index is 665. The summed E-state index contributed by atoms with van der Waals surface area (Å²) < 4.78 is 52.2. The van der Waals surface area contributed by atoms with Crippen LogP contribution in [0.3, 0.4) is 0 Å². The fraction of sp³-hybridized carbons (Fsp3) is 0.941. The molecule has 0 aromatic carbocycles. The van der Waals surface area contributed by atoms with Crippen LogP contribution in [0.1, 0.15) is 39.5 Å². The number of hydrogen-bond acceptors (Lipinski definition) is 7. The number of alkyl halides is 1. The summed E-state index contributed by atoms with van der Waals surface area (Å²) in [5.41, 5.74) is -0.741. The quantitative estimate of drug-likeness (QED) is 0.239. The summed E-state index contributed by atoms with van der Waals surface area (Å²) in [4.78, 5) is 11.4. The van der Waals surface area contributed by atoms with Crippen LogP contribution in [-0.2, 0) is 29.6 Å². The minimum Gasteiger partial charge on any atom is -0.468 e. The molecule has 176 valence electrons. The number of hydrogen-bond donors (Lipinski definition) is 1. The Morgan fingerprint density at radius 2 is 1.31 bits per heavy atom. The van der Waals surface area contributed by atoms with Crippen LogP contribution in [0.4, 0.5) is 0 Å². The molecule has 0 bridgehead atoms. The van der Waals surface area contributed by atoms with Gasteiger partial charge in [0.2, 0.25) is 20.0 Å². The third-order valence-corrected chi connectivity index (χ3v) is 8.09. The van der Waals surface area contributed by atoms with Crippen molar-refractivity contribution in [2.75, 3.05) is 59.2 Å². The number of unbranched alkanes of at least 4 members (excludes halogenated alkanes) is 2. The van der Waals surface area contributed by atoms with Gasteiger partial charge in [-0.25, -0.2) is 25.4 Å². The number of methoxy groups -OCH3 is 1. The van der Waals surface area contributed by atoms with E-state index in [0.717, 1.165) is 6.42 Å². The number of rotatable bonds is 13. The molecule has 0 aliphatic carbocycles. The lowest BCUT2D eigenvalue weighted by Gasteiger charge is -2.23. The van der Waals surface area contributed by atoms with Crippen LogP contribution in [0, 0.1) is 0 Å². The minimum absolute atomic E-state index is 0.125. The Morgan fingerprint density at radius 1 is 0.897 bits per heavy atom. The summed E-state index contributed by atoms with van der Waals surface area (Å²) in [7, 11) is 1.34. The predicted molar refractivity (Wildman–Crippen MR) is 118 cm³/mol. The molecule has 0 aliphatic rings. The first-order valence-corrected chi connectivity index (χ1v) is 13.1. The largest absolute Gasteiger partial charge is 0.468 e. The van der Waals surface area contributed by atoms with Crippen molar-refractivity contribution in [1.29, 1.82) is 0 Å². The molecule has 9 nitrogen and oxygen atoms in total. The SMILES string of the molecule is CN(C)S(=O)(=O)CCCCCl.COC(=O)C(C)(C)NCCCCS(=O)(=O)N(C)C. The van der Waals surface area contributed by atoms with Gasteiger partial charge in [0.1, 0.15) is 5.54 Å². The molecule has 0 spiro atoms. The van der Waals surface area contributed by atoms with Gasteiger partial charge in [0.15, 0.2) is 0 Å². The van der Waals surface area contributed by atoms with Crippen molar-refractivity contribution in [3.8, 4) is 0 Å². The van der Waals surface area contributed by atoms with Gasteiger partial charge >= 0.3 is 5.97 Å². The molecule has 1 N–H and O–H groups in total. The molecule has 0 saturated heterocycles. The molecule has 29 heavy (non-hydrogen) atoms. The van der Waals surface area contributed by atoms with Crippen LogP contribution >= 0.6 is 11.6 Å². The molecule has 0 aliphatic heterocycles. The van der Waals surface area contributed by atoms with Gasteiger partial charge in [0.05, 0.1) is 18.6 Å². The highest BCUT2D eigenvalue weighted by molar-refractivity contribution is 7.89. The maximum Gasteiger partial charge on any atom is 0.325 e. The van der Waals surface area contributed by atoms with Crippen molar-refractivity contribution < 1.29 is 26.4 Å². The Balaban J connectivity index is 0. The number of sulfonamides is 2. The van der Waals surface area contributed by atoms with Gasteiger partial charge in [-0.3, -0.25) is 4.79 Å². The molecule has 0 unspecified atom stereocenters. The first-order chi connectivity index (χ1) is 13.1. The molecular formula is C17H38ClN3O6S2. The molecule has 0 fully saturated rings. The number of esters is 1. The topological polar surface area (TPSA) is 113 Å². The van der Waals surface area contributed by atoms with Gasteiger partial charge in [-0.05, 0) is 46.1 Å². The fourth-order valence-electron chi connectivity index (χ4n) is 1.88. The molecule has 0 rings (SSSR count). The van der Waals surface area contributed by atoms with Crippen molar-refractivity contribution in [3.63, 3.8) is 0 Å². The summed E-state index contributed by atoms with van der Waals surface area (Å²) in [6, 6.07) is 0. The van der Waals surface area contributed by atoms with Gasteiger partial charge < -0.3 is 10.1 Å². The second-order valence-corrected chi connectivity index (χ2v) is 12.3. The van der Waals surface area contributed by atoms with Crippen LogP contribution in [0.15, 0.2) is 0 Å². The number of halogens is 1. The molecule has 0 radical (unpaired) electrons. The van der Waals surface area contributed by atoms with Crippen molar-refractivity contribution in [2.24, 2.45) is 0 Å². The lowest BCUT2D eigenvalue weighted by Crippen LogP contribution is -2.47. The van der Waals surface area contributed by atoms with Gasteiger partial charge in [0.25, 0.3) is 0 Å². The van der Waals surface area contributed by atoms with E-state index in [1.165, 1.54) is 43.9 Å². The second-order valence-electron chi connectivity index (χ2n) is 7.34. The monoisotopic (exact) mass is 479 g/mol. The third kappa shape index (κ3) is 14.2. The van der Waals surface area contributed by atoms with E-state index in [4.69, 9.17) is 11.6 Å². The van der Waals surface area contributed by atoms with E-state index in [9.17, 15) is 21.6 Å². The summed E-state index contributed by atoms with van der Waals surface area (Å²) in [5.74, 6) is 0.527. The van der Waals surface area contributed by atoms with E-state index in [-0.39, 0.29) is 17.5 Å². The Labute approximate surface area is 182 Å². The van der Waals surface area contributed by atoms with E-state index in [1.54, 1.807) is 13.8 Å². The van der Waals surface area contributed by atoms with Crippen LogP contribution in [0.5, 0.6) is 0 Å². The first-order valence-electron chi connectivity index (χ1n) is 9.34. The lowest BCUT2D eigenvalue weighted by atomic mass is 10.1. The zero-order valence-corrected chi connectivity index (χ0v) is 21.1. The van der Waals surface area contributed by atoms with Crippen LogP contribution < -0.4 is 5.32 Å². The molecule has 0 heterocycles. The van der Waals surface area contributed by atoms with Gasteiger partial charge in [-0.15, -0.1) is 11.6 Å². The maximum atomic E-state index is 11.5. The van der Waals surface area contributed by atoms with E-state index in [1.807, 2.05) is 0 Å². The van der Waals surface area contributed by atoms with E-state index >= 15 is 0 Å². The molecular weight excluding hydrogens is 442 g/mol. The Morgan fingerprint density at radius 3 is 1.66 bits per heavy atom. The molecule has 0 aromatic rings. The molecule has 12 heteroatoms. The zero-order chi connectivity index (χ0) is 23.3. The number of nitrogens with one attached hydrogen (secondary N) is 1. The van der Waals surface area contributed by atoms with Crippen molar-refractivity contribution >= 4 is 37.6 Å². The van der Waals surface area contributed by atoms with Crippen molar-refractivity contribution in [1.82, 2.24) is 13.9 Å². The normalized spacial score (nSPS) is 12.6. The summed E-state index contributed by atoms with van der Waals surface area (Å²) in [6.07, 6.45) is 2.65. The van der Waals surface area contributed by atoms with Gasteiger partial charge in [-0.1, -0.05) is 0 Å². The standard InChI is InChI=1S/C11H24N2O4S.C6H14ClNO2S/c1-11(2,10(14)17-5)12-8-6-7-9-18(15,16)13(3)4;1-8(2)11(9,10)6-4-3-5-7/h12H,6-9H2,1-5H3;3-6H2,1-2H3. The van der Waals surface area contributed by atoms with Crippen LogP contribution in [0.25, 0.3) is 0 Å². The van der Waals surface area contributed by atoms with Crippen molar-refractivity contribution in [2.45, 2.75) is 45.1 Å². The average molecular weight is 480 g/mol. The van der Waals surface area contributed by atoms with E-state index < -0.39 is 25.6 Å². The summed E-state index contributed by atoms with van der Waals surface area (Å²) in [5, 5.41) is 3.04. The minimum atomic E-state index is -3.12. The Hall–Kier alpha value is -0.460. The molecule has 0 aromatic heterocycles. The fourth-order valence-corrected chi connectivity index (χ4v) is 3.94. The second kappa shape index (κ2) is 14.5. The zero-order valence-electron chi connectivity index (χ0n) is 18.7. The lowest BCUT2D eigenvalue weighted by molar-refractivity contribution is -0.147. The van der Waals surface area contributed by atoms with E-state index in [2.05, 4.69) is 10.1 Å². The third-order valence-electron chi connectivity index (χ3n) is 3.99. The maximum absolute atomic E-state index is 11.5. The van der Waals surface area contributed by atoms with Crippen LogP contribution in [-0.4, -0.2) is 96.2 Å². The summed E-state index contributed by atoms with van der Waals surface area (Å²) in [6.45, 7) is 4.04. The number of carbonyl (C=O) groups is 1. The smallest absolute Gasteiger partial charge is 0.325 e. The van der Waals surface area contributed by atoms with Crippen molar-refractivity contribution in [3.05, 3.63) is 0 Å². The highest BCUT2D eigenvalue weighted by Gasteiger charge is 2.27. The number of nitrogens with zero attached hydrogens (tertiary/aromatic N) is 2. The first kappa shape index (κ1) is 30.7. The van der Waals surface area contributed by atoms with Crippen LogP contribution in [0.2, 0.25) is 0 Å². The Kier molecular flexibility index (Phi) is 15.4. The molecule has 0 amide bonds. The van der Waals surface area contributed by atoms with Gasteiger partial charge in [0, 0.05) is 34.1 Å². The van der Waals surface area contributed by atoms with Gasteiger partial charge in [-0.2, -0.15) is 0 Å². The highest BCUT2D eigenvalue weighted by atomic mass is 35.5.